The van der Waals surface area contributed by atoms with Gasteiger partial charge >= 0.3 is 0 Å². The van der Waals surface area contributed by atoms with Crippen LogP contribution in [0, 0.1) is 0 Å². The zero-order valence-corrected chi connectivity index (χ0v) is 7.95. The molecule has 1 rings (SSSR count). The molecule has 0 amide bonds. The fourth-order valence-electron chi connectivity index (χ4n) is 1.14. The highest BCUT2D eigenvalue weighted by atomic mass is 32.1. The first-order valence-electron chi connectivity index (χ1n) is 3.89. The second-order valence-electron chi connectivity index (χ2n) is 2.91. The van der Waals surface area contributed by atoms with Gasteiger partial charge in [-0.25, -0.2) is 0 Å². The van der Waals surface area contributed by atoms with E-state index in [2.05, 4.69) is 10.2 Å². The lowest BCUT2D eigenvalue weighted by Gasteiger charge is -2.32. The van der Waals surface area contributed by atoms with Crippen LogP contribution in [0.4, 0.5) is 0 Å². The molecule has 1 heterocycles. The lowest BCUT2D eigenvalue weighted by atomic mass is 10.4. The van der Waals surface area contributed by atoms with E-state index in [1.807, 2.05) is 19.0 Å². The molecule has 0 radical (unpaired) electrons. The first-order chi connectivity index (χ1) is 5.22. The van der Waals surface area contributed by atoms with Crippen LogP contribution in [0.25, 0.3) is 0 Å². The smallest absolute Gasteiger partial charge is 0.171 e. The van der Waals surface area contributed by atoms with E-state index in [1.165, 1.54) is 0 Å². The van der Waals surface area contributed by atoms with E-state index in [0.29, 0.717) is 0 Å². The van der Waals surface area contributed by atoms with Crippen molar-refractivity contribution in [3.8, 4) is 0 Å². The molecule has 4 heteroatoms. The SMILES string of the molecule is CN(C)C(=S)N1CCNCC1. The number of nitrogens with zero attached hydrogens (tertiary/aromatic N) is 2. The number of nitrogens with one attached hydrogen (secondary N) is 1. The van der Waals surface area contributed by atoms with Crippen molar-refractivity contribution in [2.45, 2.75) is 0 Å². The molecule has 0 bridgehead atoms. The van der Waals surface area contributed by atoms with Crippen LogP contribution in [0.5, 0.6) is 0 Å². The molecule has 1 fully saturated rings. The van der Waals surface area contributed by atoms with Crippen LogP contribution in [0.15, 0.2) is 0 Å². The fraction of sp³-hybridized carbons (Fsp3) is 0.857. The van der Waals surface area contributed by atoms with Gasteiger partial charge in [-0.05, 0) is 12.2 Å². The Morgan fingerprint density at radius 1 is 1.36 bits per heavy atom. The van der Waals surface area contributed by atoms with Gasteiger partial charge in [-0.3, -0.25) is 0 Å². The minimum Gasteiger partial charge on any atom is -0.355 e. The van der Waals surface area contributed by atoms with Crippen molar-refractivity contribution in [2.24, 2.45) is 0 Å². The first-order valence-corrected chi connectivity index (χ1v) is 4.29. The topological polar surface area (TPSA) is 18.5 Å². The van der Waals surface area contributed by atoms with Crippen molar-refractivity contribution >= 4 is 17.3 Å². The normalized spacial score (nSPS) is 18.2. The molecule has 0 aromatic carbocycles. The molecule has 0 spiro atoms. The molecular formula is C7H15N3S. The summed E-state index contributed by atoms with van der Waals surface area (Å²) < 4.78 is 0. The molecule has 1 aliphatic heterocycles. The van der Waals surface area contributed by atoms with Crippen LogP contribution in [0.3, 0.4) is 0 Å². The summed E-state index contributed by atoms with van der Waals surface area (Å²) >= 11 is 5.22. The molecule has 1 saturated heterocycles. The van der Waals surface area contributed by atoms with Crippen LogP contribution in [-0.4, -0.2) is 55.2 Å². The number of thiocarbonyl (C=S) groups is 1. The van der Waals surface area contributed by atoms with E-state index in [9.17, 15) is 0 Å². The predicted molar refractivity (Wildman–Crippen MR) is 50.7 cm³/mol. The van der Waals surface area contributed by atoms with Crippen LogP contribution in [-0.2, 0) is 0 Å². The largest absolute Gasteiger partial charge is 0.355 e. The summed E-state index contributed by atoms with van der Waals surface area (Å²) in [6, 6.07) is 0. The van der Waals surface area contributed by atoms with Crippen LogP contribution in [0.2, 0.25) is 0 Å². The van der Waals surface area contributed by atoms with Crippen molar-refractivity contribution in [1.29, 1.82) is 0 Å². The average molecular weight is 173 g/mol. The maximum absolute atomic E-state index is 5.22. The standard InChI is InChI=1S/C7H15N3S/c1-9(2)7(11)10-5-3-8-4-6-10/h8H,3-6H2,1-2H3. The lowest BCUT2D eigenvalue weighted by Crippen LogP contribution is -2.49. The monoisotopic (exact) mass is 173 g/mol. The zero-order chi connectivity index (χ0) is 8.27. The molecule has 0 saturated carbocycles. The molecule has 11 heavy (non-hydrogen) atoms. The number of piperazine rings is 1. The van der Waals surface area contributed by atoms with Gasteiger partial charge in [-0.1, -0.05) is 0 Å². The van der Waals surface area contributed by atoms with E-state index >= 15 is 0 Å². The lowest BCUT2D eigenvalue weighted by molar-refractivity contribution is 0.330. The van der Waals surface area contributed by atoms with E-state index in [4.69, 9.17) is 12.2 Å². The highest BCUT2D eigenvalue weighted by Crippen LogP contribution is 1.96. The number of hydrogen-bond acceptors (Lipinski definition) is 2. The van der Waals surface area contributed by atoms with Gasteiger partial charge in [0.15, 0.2) is 5.11 Å². The van der Waals surface area contributed by atoms with Gasteiger partial charge in [-0.2, -0.15) is 0 Å². The zero-order valence-electron chi connectivity index (χ0n) is 7.13. The van der Waals surface area contributed by atoms with Crippen molar-refractivity contribution in [3.63, 3.8) is 0 Å². The third-order valence-electron chi connectivity index (χ3n) is 1.77. The third-order valence-corrected chi connectivity index (χ3v) is 2.39. The Labute approximate surface area is 73.4 Å². The Hall–Kier alpha value is -0.350. The molecular weight excluding hydrogens is 158 g/mol. The minimum absolute atomic E-state index is 0.950. The van der Waals surface area contributed by atoms with Gasteiger partial charge in [0.2, 0.25) is 0 Å². The molecule has 0 aromatic heterocycles. The van der Waals surface area contributed by atoms with Gasteiger partial charge in [0.1, 0.15) is 0 Å². The van der Waals surface area contributed by atoms with E-state index in [1.54, 1.807) is 0 Å². The Kier molecular flexibility index (Phi) is 3.08. The van der Waals surface area contributed by atoms with Gasteiger partial charge in [0, 0.05) is 40.3 Å². The molecule has 0 atom stereocenters. The molecule has 1 aliphatic rings. The highest BCUT2D eigenvalue weighted by molar-refractivity contribution is 7.80. The Balaban J connectivity index is 2.39. The van der Waals surface area contributed by atoms with Gasteiger partial charge in [0.25, 0.3) is 0 Å². The third kappa shape index (κ3) is 2.31. The molecule has 0 aromatic rings. The van der Waals surface area contributed by atoms with Gasteiger partial charge in [0.05, 0.1) is 0 Å². The summed E-state index contributed by atoms with van der Waals surface area (Å²) in [5.41, 5.74) is 0. The maximum atomic E-state index is 5.22. The summed E-state index contributed by atoms with van der Waals surface area (Å²) in [6.45, 7) is 4.18. The summed E-state index contributed by atoms with van der Waals surface area (Å²) in [5.74, 6) is 0. The van der Waals surface area contributed by atoms with Crippen LogP contribution < -0.4 is 5.32 Å². The van der Waals surface area contributed by atoms with E-state index in [-0.39, 0.29) is 0 Å². The first kappa shape index (κ1) is 8.74. The quantitative estimate of drug-likeness (QED) is 0.508. The number of rotatable bonds is 0. The highest BCUT2D eigenvalue weighted by Gasteiger charge is 2.13. The number of hydrogen-bond donors (Lipinski definition) is 1. The molecule has 0 aliphatic carbocycles. The average Bonchev–Trinajstić information content (AvgIpc) is 2.05. The van der Waals surface area contributed by atoms with Gasteiger partial charge in [-0.15, -0.1) is 0 Å². The second-order valence-corrected chi connectivity index (χ2v) is 3.28. The summed E-state index contributed by atoms with van der Waals surface area (Å²) in [6.07, 6.45) is 0. The van der Waals surface area contributed by atoms with Crippen molar-refractivity contribution in [2.75, 3.05) is 40.3 Å². The molecule has 3 nitrogen and oxygen atoms in total. The fourth-order valence-corrected chi connectivity index (χ4v) is 1.32. The molecule has 64 valence electrons. The van der Waals surface area contributed by atoms with Crippen LogP contribution in [0.1, 0.15) is 0 Å². The van der Waals surface area contributed by atoms with Crippen molar-refractivity contribution < 1.29 is 0 Å². The summed E-state index contributed by atoms with van der Waals surface area (Å²) in [5, 5.41) is 4.24. The van der Waals surface area contributed by atoms with Crippen molar-refractivity contribution in [3.05, 3.63) is 0 Å². The Bertz CT molecular complexity index is 141. The minimum atomic E-state index is 0.950. The van der Waals surface area contributed by atoms with E-state index < -0.39 is 0 Å². The Morgan fingerprint density at radius 3 is 2.36 bits per heavy atom. The maximum Gasteiger partial charge on any atom is 0.171 e. The van der Waals surface area contributed by atoms with E-state index in [0.717, 1.165) is 31.3 Å². The summed E-state index contributed by atoms with van der Waals surface area (Å²) in [7, 11) is 3.98. The Morgan fingerprint density at radius 2 is 1.91 bits per heavy atom. The van der Waals surface area contributed by atoms with Gasteiger partial charge < -0.3 is 15.1 Å². The van der Waals surface area contributed by atoms with Crippen molar-refractivity contribution in [1.82, 2.24) is 15.1 Å². The molecule has 1 N–H and O–H groups in total. The van der Waals surface area contributed by atoms with Crippen LogP contribution >= 0.6 is 12.2 Å². The summed E-state index contributed by atoms with van der Waals surface area (Å²) in [4.78, 5) is 4.21. The predicted octanol–water partition coefficient (Wildman–Crippen LogP) is -0.262. The second kappa shape index (κ2) is 3.88. The molecule has 0 unspecified atom stereocenters.